The molecule has 0 aliphatic carbocycles. The standard InChI is InChI=1S/C17H18N2O/c20-17(14-6-2-1-3-7-14)19-12-15-9-4-8-13-10-5-11-18-16(13)15/h1-4,6-9,18H,5,10-12H2,(H,19,20). The van der Waals surface area contributed by atoms with E-state index in [9.17, 15) is 4.79 Å². The summed E-state index contributed by atoms with van der Waals surface area (Å²) in [4.78, 5) is 12.1. The largest absolute Gasteiger partial charge is 0.385 e. The maximum Gasteiger partial charge on any atom is 0.251 e. The SMILES string of the molecule is O=C(NCc1cccc2c1NCCC2)c1ccccc1. The number of aryl methyl sites for hydroxylation is 1. The minimum atomic E-state index is -0.0287. The molecule has 3 nitrogen and oxygen atoms in total. The highest BCUT2D eigenvalue weighted by Gasteiger charge is 2.13. The van der Waals surface area contributed by atoms with E-state index in [1.807, 2.05) is 30.3 Å². The van der Waals surface area contributed by atoms with Gasteiger partial charge in [-0.05, 0) is 36.1 Å². The van der Waals surface area contributed by atoms with Crippen molar-refractivity contribution in [1.82, 2.24) is 5.32 Å². The molecule has 20 heavy (non-hydrogen) atoms. The molecule has 1 aliphatic heterocycles. The Labute approximate surface area is 119 Å². The number of anilines is 1. The lowest BCUT2D eigenvalue weighted by Crippen LogP contribution is -2.24. The van der Waals surface area contributed by atoms with Gasteiger partial charge < -0.3 is 10.6 Å². The average Bonchev–Trinajstić information content (AvgIpc) is 2.53. The van der Waals surface area contributed by atoms with Crippen LogP contribution in [0.3, 0.4) is 0 Å². The highest BCUT2D eigenvalue weighted by Crippen LogP contribution is 2.25. The summed E-state index contributed by atoms with van der Waals surface area (Å²) in [5.41, 5.74) is 4.41. The van der Waals surface area contributed by atoms with Crippen molar-refractivity contribution in [3.05, 3.63) is 65.2 Å². The number of hydrogen-bond acceptors (Lipinski definition) is 2. The summed E-state index contributed by atoms with van der Waals surface area (Å²) in [5, 5.41) is 6.43. The van der Waals surface area contributed by atoms with Gasteiger partial charge in [0.25, 0.3) is 5.91 Å². The van der Waals surface area contributed by atoms with Crippen molar-refractivity contribution < 1.29 is 4.79 Å². The summed E-state index contributed by atoms with van der Waals surface area (Å²) in [5.74, 6) is -0.0287. The third-order valence-corrected chi connectivity index (χ3v) is 3.64. The minimum absolute atomic E-state index is 0.0287. The minimum Gasteiger partial charge on any atom is -0.385 e. The normalized spacial score (nSPS) is 13.2. The summed E-state index contributed by atoms with van der Waals surface area (Å²) in [6.07, 6.45) is 2.29. The molecule has 102 valence electrons. The first kappa shape index (κ1) is 12.7. The summed E-state index contributed by atoms with van der Waals surface area (Å²) < 4.78 is 0. The smallest absolute Gasteiger partial charge is 0.251 e. The summed E-state index contributed by atoms with van der Waals surface area (Å²) in [7, 11) is 0. The van der Waals surface area contributed by atoms with Crippen LogP contribution in [0.1, 0.15) is 27.9 Å². The van der Waals surface area contributed by atoms with E-state index >= 15 is 0 Å². The van der Waals surface area contributed by atoms with E-state index in [2.05, 4.69) is 28.8 Å². The van der Waals surface area contributed by atoms with Gasteiger partial charge in [0.2, 0.25) is 0 Å². The van der Waals surface area contributed by atoms with Crippen LogP contribution < -0.4 is 10.6 Å². The zero-order valence-electron chi connectivity index (χ0n) is 11.4. The van der Waals surface area contributed by atoms with Crippen LogP contribution >= 0.6 is 0 Å². The van der Waals surface area contributed by atoms with E-state index in [0.717, 1.165) is 18.5 Å². The van der Waals surface area contributed by atoms with Crippen molar-refractivity contribution in [1.29, 1.82) is 0 Å². The van der Waals surface area contributed by atoms with Gasteiger partial charge >= 0.3 is 0 Å². The Bertz CT molecular complexity index is 608. The van der Waals surface area contributed by atoms with Gasteiger partial charge in [0.1, 0.15) is 0 Å². The molecule has 2 N–H and O–H groups in total. The number of hydrogen-bond donors (Lipinski definition) is 2. The molecule has 3 rings (SSSR count). The van der Waals surface area contributed by atoms with Gasteiger partial charge in [0.05, 0.1) is 0 Å². The molecular weight excluding hydrogens is 248 g/mol. The summed E-state index contributed by atoms with van der Waals surface area (Å²) >= 11 is 0. The van der Waals surface area contributed by atoms with Crippen LogP contribution in [0.25, 0.3) is 0 Å². The predicted molar refractivity (Wildman–Crippen MR) is 80.9 cm³/mol. The Morgan fingerprint density at radius 1 is 1.10 bits per heavy atom. The monoisotopic (exact) mass is 266 g/mol. The lowest BCUT2D eigenvalue weighted by molar-refractivity contribution is 0.0951. The molecule has 0 atom stereocenters. The molecule has 0 radical (unpaired) electrons. The van der Waals surface area contributed by atoms with Gasteiger partial charge in [-0.25, -0.2) is 0 Å². The maximum atomic E-state index is 12.1. The molecule has 2 aromatic carbocycles. The molecule has 0 saturated heterocycles. The number of carbonyl (C=O) groups excluding carboxylic acids is 1. The van der Waals surface area contributed by atoms with Crippen molar-refractivity contribution in [3.8, 4) is 0 Å². The van der Waals surface area contributed by atoms with Crippen LogP contribution in [0, 0.1) is 0 Å². The van der Waals surface area contributed by atoms with E-state index < -0.39 is 0 Å². The maximum absolute atomic E-state index is 12.1. The zero-order chi connectivity index (χ0) is 13.8. The number of rotatable bonds is 3. The quantitative estimate of drug-likeness (QED) is 0.896. The third kappa shape index (κ3) is 2.67. The van der Waals surface area contributed by atoms with Crippen molar-refractivity contribution in [2.24, 2.45) is 0 Å². The number of benzene rings is 2. The first-order chi connectivity index (χ1) is 9.84. The summed E-state index contributed by atoms with van der Waals surface area (Å²) in [6, 6.07) is 15.6. The van der Waals surface area contributed by atoms with Gasteiger partial charge in [-0.2, -0.15) is 0 Å². The van der Waals surface area contributed by atoms with E-state index in [4.69, 9.17) is 0 Å². The van der Waals surface area contributed by atoms with E-state index in [0.29, 0.717) is 12.1 Å². The lowest BCUT2D eigenvalue weighted by Gasteiger charge is -2.21. The van der Waals surface area contributed by atoms with Gasteiger partial charge in [0.15, 0.2) is 0 Å². The Kier molecular flexibility index (Phi) is 3.68. The fourth-order valence-electron chi connectivity index (χ4n) is 2.60. The molecule has 1 aliphatic rings. The Balaban J connectivity index is 1.71. The highest BCUT2D eigenvalue weighted by molar-refractivity contribution is 5.94. The van der Waals surface area contributed by atoms with Crippen LogP contribution in [-0.4, -0.2) is 12.5 Å². The van der Waals surface area contributed by atoms with Gasteiger partial charge in [-0.15, -0.1) is 0 Å². The van der Waals surface area contributed by atoms with Gasteiger partial charge in [0, 0.05) is 24.3 Å². The molecule has 1 amide bonds. The van der Waals surface area contributed by atoms with Crippen molar-refractivity contribution >= 4 is 11.6 Å². The highest BCUT2D eigenvalue weighted by atomic mass is 16.1. The fraction of sp³-hybridized carbons (Fsp3) is 0.235. The molecule has 1 heterocycles. The van der Waals surface area contributed by atoms with Crippen LogP contribution in [0.2, 0.25) is 0 Å². The Morgan fingerprint density at radius 2 is 1.95 bits per heavy atom. The number of fused-ring (bicyclic) bond motifs is 1. The van der Waals surface area contributed by atoms with E-state index in [1.54, 1.807) is 0 Å². The van der Waals surface area contributed by atoms with Crippen LogP contribution in [-0.2, 0) is 13.0 Å². The van der Waals surface area contributed by atoms with Gasteiger partial charge in [-0.1, -0.05) is 36.4 Å². The first-order valence-electron chi connectivity index (χ1n) is 7.02. The number of para-hydroxylation sites is 1. The second-order valence-electron chi connectivity index (χ2n) is 5.03. The van der Waals surface area contributed by atoms with Crippen LogP contribution in [0.4, 0.5) is 5.69 Å². The number of nitrogens with one attached hydrogen (secondary N) is 2. The first-order valence-corrected chi connectivity index (χ1v) is 7.02. The molecule has 3 heteroatoms. The molecule has 0 bridgehead atoms. The van der Waals surface area contributed by atoms with Crippen molar-refractivity contribution in [3.63, 3.8) is 0 Å². The molecule has 0 fully saturated rings. The average molecular weight is 266 g/mol. The van der Waals surface area contributed by atoms with Gasteiger partial charge in [-0.3, -0.25) is 4.79 Å². The zero-order valence-corrected chi connectivity index (χ0v) is 11.4. The predicted octanol–water partition coefficient (Wildman–Crippen LogP) is 2.97. The molecule has 2 aromatic rings. The molecule has 0 unspecified atom stereocenters. The van der Waals surface area contributed by atoms with E-state index in [-0.39, 0.29) is 5.91 Å². The van der Waals surface area contributed by atoms with Crippen molar-refractivity contribution in [2.45, 2.75) is 19.4 Å². The molecule has 0 spiro atoms. The second-order valence-corrected chi connectivity index (χ2v) is 5.03. The third-order valence-electron chi connectivity index (χ3n) is 3.64. The lowest BCUT2D eigenvalue weighted by atomic mass is 9.99. The van der Waals surface area contributed by atoms with Crippen LogP contribution in [0.5, 0.6) is 0 Å². The molecular formula is C17H18N2O. The van der Waals surface area contributed by atoms with Crippen LogP contribution in [0.15, 0.2) is 48.5 Å². The second kappa shape index (κ2) is 5.78. The van der Waals surface area contributed by atoms with E-state index in [1.165, 1.54) is 17.7 Å². The van der Waals surface area contributed by atoms with Crippen molar-refractivity contribution in [2.75, 3.05) is 11.9 Å². The number of carbonyl (C=O) groups is 1. The topological polar surface area (TPSA) is 41.1 Å². The summed E-state index contributed by atoms with van der Waals surface area (Å²) in [6.45, 7) is 1.57. The Hall–Kier alpha value is -2.29. The Morgan fingerprint density at radius 3 is 2.80 bits per heavy atom. The molecule has 0 saturated carbocycles. The fourth-order valence-corrected chi connectivity index (χ4v) is 2.60. The molecule has 0 aromatic heterocycles. The number of amides is 1.